The van der Waals surface area contributed by atoms with Crippen LogP contribution in [0.4, 0.5) is 0 Å². The topological polar surface area (TPSA) is 98.4 Å². The highest BCUT2D eigenvalue weighted by Gasteiger charge is 2.29. The molecule has 3 aromatic carbocycles. The molecule has 2 heterocycles. The summed E-state index contributed by atoms with van der Waals surface area (Å²) in [6, 6.07) is 25.1. The molecule has 196 valence electrons. The van der Waals surface area contributed by atoms with Gasteiger partial charge in [-0.25, -0.2) is 12.4 Å². The van der Waals surface area contributed by atoms with Crippen LogP contribution in [0.5, 0.6) is 5.75 Å². The Morgan fingerprint density at radius 2 is 1.69 bits per heavy atom. The summed E-state index contributed by atoms with van der Waals surface area (Å²) in [6.07, 6.45) is 0.740. The number of benzene rings is 3. The molecule has 9 heteroatoms. The van der Waals surface area contributed by atoms with E-state index in [1.54, 1.807) is 24.3 Å². The normalized spacial score (nSPS) is 11.3. The molecule has 5 rings (SSSR count). The second-order valence-corrected chi connectivity index (χ2v) is 11.4. The molecule has 5 aromatic rings. The molecule has 0 bridgehead atoms. The van der Waals surface area contributed by atoms with E-state index in [0.29, 0.717) is 50.3 Å². The maximum Gasteiger partial charge on any atom is 0.305 e. The highest BCUT2D eigenvalue weighted by Crippen LogP contribution is 2.45. The molecule has 39 heavy (non-hydrogen) atoms. The molecule has 0 atom stereocenters. The van der Waals surface area contributed by atoms with Gasteiger partial charge in [0.25, 0.3) is 10.0 Å². The number of hydrogen-bond acceptors (Lipinski definition) is 7. The number of nitrogens with zero attached hydrogens (tertiary/aromatic N) is 2. The van der Waals surface area contributed by atoms with E-state index >= 15 is 0 Å². The molecule has 0 aliphatic rings. The van der Waals surface area contributed by atoms with Crippen LogP contribution in [0.3, 0.4) is 0 Å². The van der Waals surface area contributed by atoms with Crippen molar-refractivity contribution in [3.05, 3.63) is 94.7 Å². The predicted octanol–water partition coefficient (Wildman–Crippen LogP) is 6.26. The molecule has 0 spiro atoms. The van der Waals surface area contributed by atoms with Gasteiger partial charge in [-0.15, -0.1) is 11.3 Å². The monoisotopic (exact) mass is 556 g/mol. The van der Waals surface area contributed by atoms with Crippen LogP contribution in [0.1, 0.15) is 16.9 Å². The summed E-state index contributed by atoms with van der Waals surface area (Å²) in [5.41, 5.74) is 3.88. The number of carbonyl (C=O) groups is 1. The Morgan fingerprint density at radius 1 is 0.974 bits per heavy atom. The Kier molecular flexibility index (Phi) is 7.24. The first-order chi connectivity index (χ1) is 18.9. The first-order valence-corrected chi connectivity index (χ1v) is 14.4. The maximum absolute atomic E-state index is 14.3. The van der Waals surface area contributed by atoms with Gasteiger partial charge in [-0.1, -0.05) is 42.5 Å². The van der Waals surface area contributed by atoms with Crippen LogP contribution in [-0.4, -0.2) is 32.6 Å². The fourth-order valence-corrected chi connectivity index (χ4v) is 6.86. The Labute approximate surface area is 230 Å². The fraction of sp³-hybridized carbons (Fsp3) is 0.133. The van der Waals surface area contributed by atoms with E-state index in [9.17, 15) is 18.5 Å². The smallest absolute Gasteiger partial charge is 0.305 e. The van der Waals surface area contributed by atoms with E-state index in [1.807, 2.05) is 47.8 Å². The summed E-state index contributed by atoms with van der Waals surface area (Å²) in [6.45, 7) is 0. The minimum Gasteiger partial charge on any atom is -0.497 e. The molecular weight excluding hydrogens is 532 g/mol. The van der Waals surface area contributed by atoms with Crippen LogP contribution >= 0.6 is 11.3 Å². The number of rotatable bonds is 8. The van der Waals surface area contributed by atoms with Crippen molar-refractivity contribution in [2.75, 3.05) is 14.2 Å². The van der Waals surface area contributed by atoms with E-state index in [0.717, 1.165) is 5.56 Å². The zero-order valence-electron chi connectivity index (χ0n) is 21.2. The lowest BCUT2D eigenvalue weighted by Gasteiger charge is -2.14. The molecule has 7 nitrogen and oxygen atoms in total. The van der Waals surface area contributed by atoms with Crippen molar-refractivity contribution in [1.29, 1.82) is 5.26 Å². The number of fused-ring (bicyclic) bond motifs is 1. The van der Waals surface area contributed by atoms with Gasteiger partial charge < -0.3 is 9.47 Å². The third-order valence-electron chi connectivity index (χ3n) is 6.54. The first kappa shape index (κ1) is 26.2. The molecule has 0 saturated carbocycles. The molecule has 0 radical (unpaired) electrons. The third-order valence-corrected chi connectivity index (χ3v) is 9.09. The van der Waals surface area contributed by atoms with Crippen LogP contribution in [-0.2, 0) is 26.0 Å². The van der Waals surface area contributed by atoms with Gasteiger partial charge in [0.05, 0.1) is 30.3 Å². The first-order valence-electron chi connectivity index (χ1n) is 12.1. The molecule has 0 aliphatic carbocycles. The van der Waals surface area contributed by atoms with Crippen molar-refractivity contribution in [2.24, 2.45) is 0 Å². The van der Waals surface area contributed by atoms with Gasteiger partial charge in [0.1, 0.15) is 16.7 Å². The average Bonchev–Trinajstić information content (AvgIpc) is 3.58. The Balaban J connectivity index is 1.79. The highest BCUT2D eigenvalue weighted by atomic mass is 32.2. The summed E-state index contributed by atoms with van der Waals surface area (Å²) in [4.78, 5) is 12.2. The quantitative estimate of drug-likeness (QED) is 0.209. The average molecular weight is 557 g/mol. The van der Waals surface area contributed by atoms with Gasteiger partial charge in [0.2, 0.25) is 0 Å². The van der Waals surface area contributed by atoms with E-state index in [-0.39, 0.29) is 17.3 Å². The minimum absolute atomic E-state index is 0.109. The van der Waals surface area contributed by atoms with Crippen LogP contribution < -0.4 is 4.74 Å². The summed E-state index contributed by atoms with van der Waals surface area (Å²) < 4.78 is 39.9. The number of methoxy groups -OCH3 is 2. The molecule has 2 aromatic heterocycles. The number of hydrogen-bond donors (Lipinski definition) is 0. The second kappa shape index (κ2) is 10.8. The van der Waals surface area contributed by atoms with Crippen molar-refractivity contribution in [3.63, 3.8) is 0 Å². The van der Waals surface area contributed by atoms with E-state index in [2.05, 4.69) is 6.07 Å². The number of esters is 1. The predicted molar refractivity (Wildman–Crippen MR) is 151 cm³/mol. The standard InChI is InChI=1S/C30H24N2O5S2/c1-36-22-12-14-23(15-13-22)39(34,35)32-26-6-4-3-5-24(26)29(25-17-18-38-27(25)19-31)30(32)21-10-7-20(8-11-21)9-16-28(33)37-2/h3-8,10-15,17-18H,9,16H2,1-2H3. The minimum atomic E-state index is -4.07. The summed E-state index contributed by atoms with van der Waals surface area (Å²) >= 11 is 1.31. The van der Waals surface area contributed by atoms with Gasteiger partial charge in [0, 0.05) is 22.9 Å². The Morgan fingerprint density at radius 3 is 2.36 bits per heavy atom. The second-order valence-electron chi connectivity index (χ2n) is 8.73. The lowest BCUT2D eigenvalue weighted by atomic mass is 9.98. The molecule has 0 N–H and O–H groups in total. The molecule has 0 amide bonds. The number of ether oxygens (including phenoxy) is 2. The van der Waals surface area contributed by atoms with Crippen LogP contribution in [0.25, 0.3) is 33.3 Å². The van der Waals surface area contributed by atoms with Gasteiger partial charge >= 0.3 is 5.97 Å². The van der Waals surface area contributed by atoms with Gasteiger partial charge in [-0.2, -0.15) is 5.26 Å². The summed E-state index contributed by atoms with van der Waals surface area (Å²) in [7, 11) is -1.19. The van der Waals surface area contributed by atoms with E-state index in [4.69, 9.17) is 9.47 Å². The third kappa shape index (κ3) is 4.80. The van der Waals surface area contributed by atoms with Crippen molar-refractivity contribution < 1.29 is 22.7 Å². The molecular formula is C30H24N2O5S2. The van der Waals surface area contributed by atoms with Crippen molar-refractivity contribution >= 4 is 38.2 Å². The summed E-state index contributed by atoms with van der Waals surface area (Å²) in [5, 5.41) is 12.4. The number of aryl methyl sites for hydroxylation is 1. The van der Waals surface area contributed by atoms with Gasteiger partial charge in [-0.05, 0) is 59.3 Å². The van der Waals surface area contributed by atoms with Crippen LogP contribution in [0, 0.1) is 11.3 Å². The zero-order chi connectivity index (χ0) is 27.6. The van der Waals surface area contributed by atoms with Crippen molar-refractivity contribution in [3.8, 4) is 34.2 Å². The van der Waals surface area contributed by atoms with E-state index < -0.39 is 10.0 Å². The zero-order valence-corrected chi connectivity index (χ0v) is 22.9. The van der Waals surface area contributed by atoms with E-state index in [1.165, 1.54) is 41.7 Å². The van der Waals surface area contributed by atoms with Crippen LogP contribution in [0.2, 0.25) is 0 Å². The maximum atomic E-state index is 14.3. The van der Waals surface area contributed by atoms with Crippen LogP contribution in [0.15, 0.2) is 89.1 Å². The lowest BCUT2D eigenvalue weighted by molar-refractivity contribution is -0.140. The number of aromatic nitrogens is 1. The molecule has 0 unspecified atom stereocenters. The largest absolute Gasteiger partial charge is 0.497 e. The number of para-hydroxylation sites is 1. The Hall–Kier alpha value is -4.39. The van der Waals surface area contributed by atoms with Gasteiger partial charge in [0.15, 0.2) is 0 Å². The molecule has 0 saturated heterocycles. The highest BCUT2D eigenvalue weighted by molar-refractivity contribution is 7.90. The van der Waals surface area contributed by atoms with Crippen molar-refractivity contribution in [1.82, 2.24) is 3.97 Å². The molecule has 0 aliphatic heterocycles. The van der Waals surface area contributed by atoms with Crippen molar-refractivity contribution in [2.45, 2.75) is 17.7 Å². The lowest BCUT2D eigenvalue weighted by Crippen LogP contribution is -2.14. The Bertz CT molecular complexity index is 1810. The number of thiophene rings is 1. The SMILES string of the molecule is COC(=O)CCc1ccc(-c2c(-c3ccsc3C#N)c3ccccc3n2S(=O)(=O)c2ccc(OC)cc2)cc1. The van der Waals surface area contributed by atoms with Gasteiger partial charge in [-0.3, -0.25) is 4.79 Å². The number of carbonyl (C=O) groups excluding carboxylic acids is 1. The summed E-state index contributed by atoms with van der Waals surface area (Å²) in [5.74, 6) is 0.250. The fourth-order valence-electron chi connectivity index (χ4n) is 4.62. The number of nitriles is 1. The molecule has 0 fully saturated rings.